The summed E-state index contributed by atoms with van der Waals surface area (Å²) in [6.45, 7) is 4.01. The van der Waals surface area contributed by atoms with Crippen LogP contribution in [-0.4, -0.2) is 36.6 Å². The standard InChI is InChI=1S/C27H31ClN4O3/c1-16(2)15-20(27(26(29)35)13-6-14-27)24(33)31-23-25(34)32(3)21-8-5-4-7-19(21)22(30-23)17-9-11-18(28)12-10-17/h4-5,7-12,16,20,23H,6,13-15H2,1-3H3,(H2,29,35)(H,31,33). The van der Waals surface area contributed by atoms with Crippen LogP contribution in [0.3, 0.4) is 0 Å². The number of nitrogens with two attached hydrogens (primary N) is 1. The zero-order chi connectivity index (χ0) is 25.3. The van der Waals surface area contributed by atoms with Crippen molar-refractivity contribution in [1.29, 1.82) is 0 Å². The molecule has 184 valence electrons. The van der Waals surface area contributed by atoms with Gasteiger partial charge < -0.3 is 16.0 Å². The molecular weight excluding hydrogens is 464 g/mol. The quantitative estimate of drug-likeness (QED) is 0.609. The molecule has 2 aromatic rings. The molecule has 0 radical (unpaired) electrons. The monoisotopic (exact) mass is 494 g/mol. The fourth-order valence-electron chi connectivity index (χ4n) is 5.07. The Hall–Kier alpha value is -3.19. The molecule has 1 aliphatic heterocycles. The van der Waals surface area contributed by atoms with E-state index in [0.29, 0.717) is 35.7 Å². The number of benzene rings is 2. The van der Waals surface area contributed by atoms with Gasteiger partial charge in [0.25, 0.3) is 5.91 Å². The first-order chi connectivity index (χ1) is 16.6. The molecule has 4 rings (SSSR count). The normalized spacial score (nSPS) is 19.8. The maximum absolute atomic E-state index is 13.6. The molecule has 2 unspecified atom stereocenters. The van der Waals surface area contributed by atoms with Gasteiger partial charge in [0.05, 0.1) is 22.7 Å². The largest absolute Gasteiger partial charge is 0.369 e. The zero-order valence-corrected chi connectivity index (χ0v) is 21.0. The van der Waals surface area contributed by atoms with Crippen LogP contribution in [0.5, 0.6) is 0 Å². The summed E-state index contributed by atoms with van der Waals surface area (Å²) in [7, 11) is 1.67. The number of para-hydroxylation sites is 1. The number of aliphatic imine (C=N–C) groups is 1. The number of nitrogens with zero attached hydrogens (tertiary/aromatic N) is 2. The van der Waals surface area contributed by atoms with Gasteiger partial charge in [-0.3, -0.25) is 14.4 Å². The molecule has 1 aliphatic carbocycles. The van der Waals surface area contributed by atoms with Gasteiger partial charge in [-0.15, -0.1) is 0 Å². The maximum Gasteiger partial charge on any atom is 0.272 e. The molecule has 3 N–H and O–H groups in total. The number of rotatable bonds is 7. The zero-order valence-electron chi connectivity index (χ0n) is 20.3. The van der Waals surface area contributed by atoms with Crippen LogP contribution < -0.4 is 16.0 Å². The summed E-state index contributed by atoms with van der Waals surface area (Å²) in [5, 5.41) is 3.45. The van der Waals surface area contributed by atoms with Crippen LogP contribution in [0.15, 0.2) is 53.5 Å². The minimum atomic E-state index is -1.15. The van der Waals surface area contributed by atoms with E-state index in [1.165, 1.54) is 4.90 Å². The first kappa shape index (κ1) is 24.9. The van der Waals surface area contributed by atoms with E-state index in [9.17, 15) is 14.4 Å². The van der Waals surface area contributed by atoms with Gasteiger partial charge in [0.15, 0.2) is 0 Å². The molecule has 35 heavy (non-hydrogen) atoms. The molecule has 8 heteroatoms. The number of benzodiazepines with no additional fused rings is 1. The minimum absolute atomic E-state index is 0.174. The minimum Gasteiger partial charge on any atom is -0.369 e. The molecule has 7 nitrogen and oxygen atoms in total. The number of nitrogens with one attached hydrogen (secondary N) is 1. The fourth-order valence-corrected chi connectivity index (χ4v) is 5.19. The smallest absolute Gasteiger partial charge is 0.272 e. The first-order valence-electron chi connectivity index (χ1n) is 11.9. The van der Waals surface area contributed by atoms with E-state index in [4.69, 9.17) is 22.3 Å². The number of likely N-dealkylation sites (N-methyl/N-ethyl adjacent to an activating group) is 1. The number of hydrogen-bond acceptors (Lipinski definition) is 4. The molecule has 0 spiro atoms. The van der Waals surface area contributed by atoms with Crippen LogP contribution in [-0.2, 0) is 14.4 Å². The maximum atomic E-state index is 13.6. The van der Waals surface area contributed by atoms with Gasteiger partial charge in [-0.1, -0.05) is 62.2 Å². The van der Waals surface area contributed by atoms with Gasteiger partial charge >= 0.3 is 0 Å². The van der Waals surface area contributed by atoms with Crippen molar-refractivity contribution in [2.75, 3.05) is 11.9 Å². The van der Waals surface area contributed by atoms with E-state index < -0.39 is 23.4 Å². The van der Waals surface area contributed by atoms with Crippen molar-refractivity contribution in [2.45, 2.75) is 45.7 Å². The van der Waals surface area contributed by atoms with Gasteiger partial charge in [-0.05, 0) is 43.4 Å². The topological polar surface area (TPSA) is 105 Å². The number of hydrogen-bond donors (Lipinski definition) is 2. The summed E-state index contributed by atoms with van der Waals surface area (Å²) >= 11 is 6.09. The highest BCUT2D eigenvalue weighted by molar-refractivity contribution is 6.30. The molecule has 1 heterocycles. The van der Waals surface area contributed by atoms with Gasteiger partial charge in [0, 0.05) is 23.2 Å². The lowest BCUT2D eigenvalue weighted by Crippen LogP contribution is -2.56. The molecule has 0 saturated heterocycles. The number of amides is 3. The van der Waals surface area contributed by atoms with Crippen LogP contribution in [0.1, 0.15) is 50.7 Å². The molecule has 2 atom stereocenters. The Balaban J connectivity index is 1.74. The molecule has 2 aromatic carbocycles. The average Bonchev–Trinajstić information content (AvgIpc) is 2.88. The Labute approximate surface area is 210 Å². The van der Waals surface area contributed by atoms with Gasteiger partial charge in [-0.25, -0.2) is 4.99 Å². The summed E-state index contributed by atoms with van der Waals surface area (Å²) in [4.78, 5) is 45.8. The number of fused-ring (bicyclic) bond motifs is 1. The summed E-state index contributed by atoms with van der Waals surface area (Å²) in [6.07, 6.45) is 1.36. The van der Waals surface area contributed by atoms with E-state index >= 15 is 0 Å². The van der Waals surface area contributed by atoms with E-state index in [1.807, 2.05) is 50.2 Å². The molecule has 0 bridgehead atoms. The molecule has 1 fully saturated rings. The van der Waals surface area contributed by atoms with Crippen molar-refractivity contribution >= 4 is 40.7 Å². The third-order valence-corrected chi connectivity index (χ3v) is 7.42. The predicted molar refractivity (Wildman–Crippen MR) is 137 cm³/mol. The van der Waals surface area contributed by atoms with E-state index in [1.54, 1.807) is 19.2 Å². The third kappa shape index (κ3) is 4.69. The van der Waals surface area contributed by atoms with Gasteiger partial charge in [0.1, 0.15) is 0 Å². The third-order valence-electron chi connectivity index (χ3n) is 7.17. The average molecular weight is 495 g/mol. The lowest BCUT2D eigenvalue weighted by Gasteiger charge is -2.45. The SMILES string of the molecule is CC(C)CC(C(=O)NC1N=C(c2ccc(Cl)cc2)c2ccccc2N(C)C1=O)C1(C(N)=O)CCC1. The Morgan fingerprint density at radius 2 is 1.83 bits per heavy atom. The summed E-state index contributed by atoms with van der Waals surface area (Å²) in [5.41, 5.74) is 7.73. The second-order valence-corrected chi connectivity index (χ2v) is 10.3. The highest BCUT2D eigenvalue weighted by Crippen LogP contribution is 2.49. The van der Waals surface area contributed by atoms with Crippen molar-refractivity contribution < 1.29 is 14.4 Å². The van der Waals surface area contributed by atoms with E-state index in [-0.39, 0.29) is 17.7 Å². The number of halogens is 1. The Morgan fingerprint density at radius 3 is 2.40 bits per heavy atom. The highest BCUT2D eigenvalue weighted by Gasteiger charge is 2.52. The van der Waals surface area contributed by atoms with Gasteiger partial charge in [-0.2, -0.15) is 0 Å². The first-order valence-corrected chi connectivity index (χ1v) is 12.3. The second-order valence-electron chi connectivity index (χ2n) is 9.87. The molecular formula is C27H31ClN4O3. The molecule has 3 amide bonds. The van der Waals surface area contributed by atoms with Crippen molar-refractivity contribution in [3.63, 3.8) is 0 Å². The van der Waals surface area contributed by atoms with Crippen LogP contribution in [0.4, 0.5) is 5.69 Å². The number of anilines is 1. The number of carbonyl (C=O) groups is 3. The van der Waals surface area contributed by atoms with Crippen molar-refractivity contribution in [3.8, 4) is 0 Å². The number of carbonyl (C=O) groups excluding carboxylic acids is 3. The highest BCUT2D eigenvalue weighted by atomic mass is 35.5. The molecule has 2 aliphatic rings. The van der Waals surface area contributed by atoms with E-state index in [0.717, 1.165) is 17.5 Å². The Bertz CT molecular complexity index is 1170. The summed E-state index contributed by atoms with van der Waals surface area (Å²) < 4.78 is 0. The number of primary amides is 1. The second kappa shape index (κ2) is 9.82. The Morgan fingerprint density at radius 1 is 1.17 bits per heavy atom. The van der Waals surface area contributed by atoms with Crippen molar-refractivity contribution in [2.24, 2.45) is 28.0 Å². The lowest BCUT2D eigenvalue weighted by molar-refractivity contribution is -0.148. The lowest BCUT2D eigenvalue weighted by atomic mass is 9.58. The Kier molecular flexibility index (Phi) is 6.99. The van der Waals surface area contributed by atoms with Crippen LogP contribution in [0, 0.1) is 17.3 Å². The van der Waals surface area contributed by atoms with Crippen LogP contribution >= 0.6 is 11.6 Å². The van der Waals surface area contributed by atoms with Crippen LogP contribution in [0.2, 0.25) is 5.02 Å². The van der Waals surface area contributed by atoms with E-state index in [2.05, 4.69) is 5.32 Å². The molecule has 1 saturated carbocycles. The summed E-state index contributed by atoms with van der Waals surface area (Å²) in [6, 6.07) is 14.7. The van der Waals surface area contributed by atoms with Crippen LogP contribution in [0.25, 0.3) is 0 Å². The van der Waals surface area contributed by atoms with Gasteiger partial charge in [0.2, 0.25) is 18.0 Å². The molecule has 0 aromatic heterocycles. The predicted octanol–water partition coefficient (Wildman–Crippen LogP) is 3.91. The summed E-state index contributed by atoms with van der Waals surface area (Å²) in [5.74, 6) is -1.63. The van der Waals surface area contributed by atoms with Crippen molar-refractivity contribution in [1.82, 2.24) is 5.32 Å². The van der Waals surface area contributed by atoms with Crippen molar-refractivity contribution in [3.05, 3.63) is 64.7 Å². The fraction of sp³-hybridized carbons (Fsp3) is 0.407.